The molecule has 6 rings (SSSR count). The van der Waals surface area contributed by atoms with Crippen LogP contribution in [0.15, 0.2) is 42.6 Å². The van der Waals surface area contributed by atoms with Crippen molar-refractivity contribution in [3.05, 3.63) is 59.7 Å². The van der Waals surface area contributed by atoms with Crippen molar-refractivity contribution in [2.45, 2.75) is 37.5 Å². The third-order valence-corrected chi connectivity index (χ3v) is 7.63. The Hall–Kier alpha value is -3.19. The highest BCUT2D eigenvalue weighted by Crippen LogP contribution is 2.33. The quantitative estimate of drug-likeness (QED) is 0.590. The van der Waals surface area contributed by atoms with E-state index < -0.39 is 5.82 Å². The number of aromatic nitrogens is 2. The first-order chi connectivity index (χ1) is 17.3. The zero-order valence-corrected chi connectivity index (χ0v) is 20.8. The standard InChI is InChI=1S/C27H32FN7O/c1-18-11-33(25-8-7-22(9-29)35-26(25)24(28)10-31-35)15-23(36-18)14-32-12-20(13-32)19-3-5-21(6-4-19)34-16-27(2,30)17-34/h3-8,10,18,20,23H,11-17,30H2,1-2H3/t18-,23+/m1/s1. The van der Waals surface area contributed by atoms with E-state index in [1.54, 1.807) is 6.07 Å². The first-order valence-corrected chi connectivity index (χ1v) is 12.6. The van der Waals surface area contributed by atoms with E-state index in [9.17, 15) is 9.65 Å². The number of pyridine rings is 1. The average molecular weight is 490 g/mol. The second-order valence-corrected chi connectivity index (χ2v) is 11.0. The van der Waals surface area contributed by atoms with Gasteiger partial charge in [0, 0.05) is 63.0 Å². The molecule has 0 unspecified atom stereocenters. The molecule has 3 saturated heterocycles. The zero-order chi connectivity index (χ0) is 25.0. The zero-order valence-electron chi connectivity index (χ0n) is 20.8. The van der Waals surface area contributed by atoms with Crippen molar-refractivity contribution >= 4 is 16.9 Å². The van der Waals surface area contributed by atoms with Gasteiger partial charge in [0.1, 0.15) is 17.3 Å². The number of benzene rings is 1. The van der Waals surface area contributed by atoms with Gasteiger partial charge in [-0.25, -0.2) is 8.91 Å². The number of likely N-dealkylation sites (tertiary alicyclic amines) is 1. The van der Waals surface area contributed by atoms with Crippen molar-refractivity contribution < 1.29 is 9.13 Å². The van der Waals surface area contributed by atoms with Crippen molar-refractivity contribution in [2.75, 3.05) is 55.6 Å². The fourth-order valence-electron chi connectivity index (χ4n) is 5.92. The monoisotopic (exact) mass is 489 g/mol. The lowest BCUT2D eigenvalue weighted by molar-refractivity contribution is -0.0435. The molecule has 2 N–H and O–H groups in total. The van der Waals surface area contributed by atoms with Gasteiger partial charge in [0.25, 0.3) is 0 Å². The number of nitrogens with two attached hydrogens (primary N) is 1. The van der Waals surface area contributed by atoms with Crippen molar-refractivity contribution in [3.8, 4) is 6.07 Å². The molecule has 1 aromatic carbocycles. The molecular formula is C27H32FN7O. The molecule has 2 aromatic heterocycles. The van der Waals surface area contributed by atoms with E-state index in [1.807, 2.05) is 6.07 Å². The summed E-state index contributed by atoms with van der Waals surface area (Å²) < 4.78 is 22.3. The fraction of sp³-hybridized carbons (Fsp3) is 0.481. The van der Waals surface area contributed by atoms with Crippen LogP contribution in [0.3, 0.4) is 0 Å². The maximum absolute atomic E-state index is 14.6. The molecule has 188 valence electrons. The van der Waals surface area contributed by atoms with Crippen LogP contribution >= 0.6 is 0 Å². The van der Waals surface area contributed by atoms with Gasteiger partial charge >= 0.3 is 0 Å². The largest absolute Gasteiger partial charge is 0.370 e. The highest BCUT2D eigenvalue weighted by molar-refractivity contribution is 5.74. The predicted octanol–water partition coefficient (Wildman–Crippen LogP) is 2.58. The number of anilines is 2. The summed E-state index contributed by atoms with van der Waals surface area (Å²) in [6.45, 7) is 10.2. The minimum Gasteiger partial charge on any atom is -0.370 e. The van der Waals surface area contributed by atoms with Crippen molar-refractivity contribution in [2.24, 2.45) is 5.73 Å². The number of nitriles is 1. The molecule has 0 aliphatic carbocycles. The molecule has 3 aliphatic rings. The van der Waals surface area contributed by atoms with Gasteiger partial charge in [0.05, 0.1) is 24.1 Å². The lowest BCUT2D eigenvalue weighted by atomic mass is 9.89. The third-order valence-electron chi connectivity index (χ3n) is 7.63. The van der Waals surface area contributed by atoms with E-state index >= 15 is 0 Å². The summed E-state index contributed by atoms with van der Waals surface area (Å²) in [5.41, 5.74) is 10.1. The van der Waals surface area contributed by atoms with E-state index in [0.29, 0.717) is 30.2 Å². The SMILES string of the molecule is C[C@@H]1CN(c2ccc(C#N)n3ncc(F)c23)C[C@H](CN2CC(c3ccc(N4CC(C)(N)C4)cc3)C2)O1. The fourth-order valence-corrected chi connectivity index (χ4v) is 5.92. The van der Waals surface area contributed by atoms with Gasteiger partial charge in [-0.15, -0.1) is 0 Å². The Morgan fingerprint density at radius 1 is 1.11 bits per heavy atom. The van der Waals surface area contributed by atoms with Crippen molar-refractivity contribution in [1.29, 1.82) is 5.26 Å². The number of hydrogen-bond donors (Lipinski definition) is 1. The van der Waals surface area contributed by atoms with Crippen LogP contribution in [0.2, 0.25) is 0 Å². The number of halogens is 1. The molecule has 5 heterocycles. The van der Waals surface area contributed by atoms with E-state index in [0.717, 1.165) is 38.4 Å². The van der Waals surface area contributed by atoms with Gasteiger partial charge in [0.2, 0.25) is 0 Å². The molecule has 0 saturated carbocycles. The van der Waals surface area contributed by atoms with Gasteiger partial charge in [0.15, 0.2) is 5.82 Å². The summed E-state index contributed by atoms with van der Waals surface area (Å²) in [7, 11) is 0. The van der Waals surface area contributed by atoms with Crippen LogP contribution in [-0.4, -0.2) is 78.1 Å². The van der Waals surface area contributed by atoms with Crippen LogP contribution in [0.5, 0.6) is 0 Å². The lowest BCUT2D eigenvalue weighted by Gasteiger charge is -2.47. The van der Waals surface area contributed by atoms with Gasteiger partial charge in [-0.05, 0) is 43.7 Å². The number of ether oxygens (including phenoxy) is 1. The Morgan fingerprint density at radius 2 is 1.86 bits per heavy atom. The van der Waals surface area contributed by atoms with Gasteiger partial charge in [-0.1, -0.05) is 12.1 Å². The molecule has 8 nitrogen and oxygen atoms in total. The number of rotatable bonds is 5. The van der Waals surface area contributed by atoms with Crippen LogP contribution in [0.1, 0.15) is 31.0 Å². The molecule has 3 aliphatic heterocycles. The number of nitrogens with zero attached hydrogens (tertiary/aromatic N) is 6. The topological polar surface area (TPSA) is 86.1 Å². The summed E-state index contributed by atoms with van der Waals surface area (Å²) in [6.07, 6.45) is 1.22. The maximum atomic E-state index is 14.6. The average Bonchev–Trinajstić information content (AvgIpc) is 3.20. The Bertz CT molecular complexity index is 1300. The molecule has 0 radical (unpaired) electrons. The Balaban J connectivity index is 1.08. The molecule has 9 heteroatoms. The summed E-state index contributed by atoms with van der Waals surface area (Å²) in [5.74, 6) is 0.118. The smallest absolute Gasteiger partial charge is 0.171 e. The first kappa shape index (κ1) is 23.2. The van der Waals surface area contributed by atoms with E-state index in [1.165, 1.54) is 22.0 Å². The minimum atomic E-state index is -0.416. The first-order valence-electron chi connectivity index (χ1n) is 12.6. The molecule has 0 spiro atoms. The molecule has 36 heavy (non-hydrogen) atoms. The third kappa shape index (κ3) is 4.19. The molecule has 2 atom stereocenters. The van der Waals surface area contributed by atoms with Crippen LogP contribution in [0.4, 0.5) is 15.8 Å². The highest BCUT2D eigenvalue weighted by atomic mass is 19.1. The van der Waals surface area contributed by atoms with Crippen LogP contribution in [-0.2, 0) is 4.74 Å². The summed E-state index contributed by atoms with van der Waals surface area (Å²) >= 11 is 0. The maximum Gasteiger partial charge on any atom is 0.171 e. The Kier molecular flexibility index (Phi) is 5.63. The van der Waals surface area contributed by atoms with Crippen LogP contribution < -0.4 is 15.5 Å². The highest BCUT2D eigenvalue weighted by Gasteiger charge is 2.36. The molecule has 0 amide bonds. The van der Waals surface area contributed by atoms with E-state index in [2.05, 4.69) is 64.0 Å². The molecule has 3 aromatic rings. The van der Waals surface area contributed by atoms with Crippen LogP contribution in [0.25, 0.3) is 5.52 Å². The number of fused-ring (bicyclic) bond motifs is 1. The summed E-state index contributed by atoms with van der Waals surface area (Å²) in [5, 5.41) is 13.4. The minimum absolute atomic E-state index is 0.0203. The van der Waals surface area contributed by atoms with Gasteiger partial charge < -0.3 is 20.3 Å². The van der Waals surface area contributed by atoms with E-state index in [4.69, 9.17) is 10.5 Å². The number of morpholine rings is 1. The Labute approximate surface area is 210 Å². The second kappa shape index (κ2) is 8.73. The molecular weight excluding hydrogens is 457 g/mol. The van der Waals surface area contributed by atoms with E-state index in [-0.39, 0.29) is 17.7 Å². The summed E-state index contributed by atoms with van der Waals surface area (Å²) in [6, 6.07) is 14.5. The number of hydrogen-bond acceptors (Lipinski definition) is 7. The predicted molar refractivity (Wildman–Crippen MR) is 137 cm³/mol. The lowest BCUT2D eigenvalue weighted by Crippen LogP contribution is -2.65. The Morgan fingerprint density at radius 3 is 2.56 bits per heavy atom. The van der Waals surface area contributed by atoms with Crippen molar-refractivity contribution in [3.63, 3.8) is 0 Å². The van der Waals surface area contributed by atoms with Gasteiger partial charge in [-0.3, -0.25) is 4.90 Å². The summed E-state index contributed by atoms with van der Waals surface area (Å²) in [4.78, 5) is 6.92. The normalized spacial score (nSPS) is 24.4. The molecule has 0 bridgehead atoms. The second-order valence-electron chi connectivity index (χ2n) is 11.0. The van der Waals surface area contributed by atoms with Crippen LogP contribution in [0, 0.1) is 17.1 Å². The molecule has 3 fully saturated rings. The van der Waals surface area contributed by atoms with Crippen molar-refractivity contribution in [1.82, 2.24) is 14.5 Å². The van der Waals surface area contributed by atoms with Gasteiger partial charge in [-0.2, -0.15) is 10.4 Å².